The molecular formula is C14H11N5O4. The molecule has 2 aromatic heterocycles. The number of nitrogens with zero attached hydrogens (tertiary/aromatic N) is 4. The Balaban J connectivity index is 2.12. The molecule has 9 heteroatoms. The van der Waals surface area contributed by atoms with Crippen molar-refractivity contribution in [2.24, 2.45) is 0 Å². The number of hydrogen-bond acceptors (Lipinski definition) is 6. The number of aromatic amines is 1. The molecule has 23 heavy (non-hydrogen) atoms. The molecule has 0 atom stereocenters. The Hall–Kier alpha value is -3.49. The minimum Gasteiger partial charge on any atom is -0.497 e. The van der Waals surface area contributed by atoms with E-state index in [9.17, 15) is 14.9 Å². The van der Waals surface area contributed by atoms with Gasteiger partial charge in [0.25, 0.3) is 0 Å². The van der Waals surface area contributed by atoms with Crippen molar-refractivity contribution in [3.05, 3.63) is 62.3 Å². The summed E-state index contributed by atoms with van der Waals surface area (Å²) in [5, 5.41) is 15.1. The Morgan fingerprint density at radius 2 is 2.04 bits per heavy atom. The van der Waals surface area contributed by atoms with Crippen LogP contribution >= 0.6 is 0 Å². The second-order valence-electron chi connectivity index (χ2n) is 4.55. The van der Waals surface area contributed by atoms with Crippen LogP contribution in [0.2, 0.25) is 0 Å². The van der Waals surface area contributed by atoms with E-state index < -0.39 is 16.2 Å². The maximum atomic E-state index is 11.9. The molecule has 9 nitrogen and oxygen atoms in total. The number of fused-ring (bicyclic) bond motifs is 1. The van der Waals surface area contributed by atoms with Crippen molar-refractivity contribution in [3.8, 4) is 5.75 Å². The smallest absolute Gasteiger partial charge is 0.359 e. The minimum atomic E-state index is -0.829. The van der Waals surface area contributed by atoms with Crippen LogP contribution in [0.1, 0.15) is 11.3 Å². The standard InChI is InChI=1S/C14H11N5O4/c1-23-10-5-2-9(3-6-10)4-7-11-12(19(21)22)13(20)17-14-15-8-16-18(11)14/h2-8H,1H3,(H,15,16,17,20)/b7-4+. The van der Waals surface area contributed by atoms with Crippen molar-refractivity contribution in [1.82, 2.24) is 19.6 Å². The summed E-state index contributed by atoms with van der Waals surface area (Å²) in [7, 11) is 1.56. The molecule has 0 fully saturated rings. The van der Waals surface area contributed by atoms with E-state index in [4.69, 9.17) is 4.74 Å². The summed E-state index contributed by atoms with van der Waals surface area (Å²) in [6.45, 7) is 0. The highest BCUT2D eigenvalue weighted by atomic mass is 16.6. The van der Waals surface area contributed by atoms with Crippen LogP contribution < -0.4 is 10.3 Å². The van der Waals surface area contributed by atoms with Gasteiger partial charge in [-0.1, -0.05) is 18.2 Å². The second kappa shape index (κ2) is 5.72. The van der Waals surface area contributed by atoms with Crippen molar-refractivity contribution in [3.63, 3.8) is 0 Å². The van der Waals surface area contributed by atoms with Crippen molar-refractivity contribution >= 4 is 23.6 Å². The highest BCUT2D eigenvalue weighted by molar-refractivity contribution is 5.73. The van der Waals surface area contributed by atoms with E-state index in [1.54, 1.807) is 37.5 Å². The zero-order chi connectivity index (χ0) is 16.4. The lowest BCUT2D eigenvalue weighted by atomic mass is 10.2. The topological polar surface area (TPSA) is 115 Å². The molecule has 116 valence electrons. The van der Waals surface area contributed by atoms with Gasteiger partial charge in [-0.3, -0.25) is 19.9 Å². The molecule has 1 N–H and O–H groups in total. The van der Waals surface area contributed by atoms with Crippen LogP contribution in [-0.2, 0) is 0 Å². The quantitative estimate of drug-likeness (QED) is 0.576. The number of methoxy groups -OCH3 is 1. The van der Waals surface area contributed by atoms with Gasteiger partial charge in [0.15, 0.2) is 5.69 Å². The highest BCUT2D eigenvalue weighted by Crippen LogP contribution is 2.18. The molecule has 0 amide bonds. The zero-order valence-electron chi connectivity index (χ0n) is 12.0. The lowest BCUT2D eigenvalue weighted by Gasteiger charge is -2.01. The third-order valence-electron chi connectivity index (χ3n) is 3.19. The molecule has 0 saturated heterocycles. The van der Waals surface area contributed by atoms with Crippen LogP contribution in [-0.4, -0.2) is 31.6 Å². The summed E-state index contributed by atoms with van der Waals surface area (Å²) in [5.74, 6) is 0.831. The average Bonchev–Trinajstić information content (AvgIpc) is 3.00. The van der Waals surface area contributed by atoms with Gasteiger partial charge in [-0.15, -0.1) is 0 Å². The number of hydrogen-bond donors (Lipinski definition) is 1. The van der Waals surface area contributed by atoms with E-state index in [-0.39, 0.29) is 11.5 Å². The predicted molar refractivity (Wildman–Crippen MR) is 82.2 cm³/mol. The Morgan fingerprint density at radius 1 is 1.30 bits per heavy atom. The van der Waals surface area contributed by atoms with Crippen molar-refractivity contribution in [2.45, 2.75) is 0 Å². The maximum absolute atomic E-state index is 11.9. The number of aromatic nitrogens is 4. The first-order chi connectivity index (χ1) is 11.1. The first-order valence-corrected chi connectivity index (χ1v) is 6.52. The van der Waals surface area contributed by atoms with Crippen molar-refractivity contribution in [2.75, 3.05) is 7.11 Å². The summed E-state index contributed by atoms with van der Waals surface area (Å²) in [5.41, 5.74) is -0.589. The number of rotatable bonds is 4. The Kier molecular flexibility index (Phi) is 3.59. The molecule has 1 aromatic carbocycles. The van der Waals surface area contributed by atoms with Crippen LogP contribution in [0.5, 0.6) is 5.75 Å². The van der Waals surface area contributed by atoms with Gasteiger partial charge in [0.05, 0.1) is 12.0 Å². The molecule has 0 spiro atoms. The van der Waals surface area contributed by atoms with Crippen molar-refractivity contribution < 1.29 is 9.66 Å². The molecular weight excluding hydrogens is 302 g/mol. The summed E-state index contributed by atoms with van der Waals surface area (Å²) in [4.78, 5) is 28.5. The highest BCUT2D eigenvalue weighted by Gasteiger charge is 2.22. The van der Waals surface area contributed by atoms with Crippen LogP contribution in [0, 0.1) is 10.1 Å². The number of nitrogens with one attached hydrogen (secondary N) is 1. The lowest BCUT2D eigenvalue weighted by molar-refractivity contribution is -0.386. The molecule has 0 unspecified atom stereocenters. The molecule has 0 aliphatic carbocycles. The van der Waals surface area contributed by atoms with Gasteiger partial charge in [0, 0.05) is 0 Å². The summed E-state index contributed by atoms with van der Waals surface area (Å²) in [6, 6.07) is 7.09. The largest absolute Gasteiger partial charge is 0.497 e. The normalized spacial score (nSPS) is 11.2. The lowest BCUT2D eigenvalue weighted by Crippen LogP contribution is -2.17. The number of benzene rings is 1. The summed E-state index contributed by atoms with van der Waals surface area (Å²) >= 11 is 0. The predicted octanol–water partition coefficient (Wildman–Crippen LogP) is 1.50. The second-order valence-corrected chi connectivity index (χ2v) is 4.55. The van der Waals surface area contributed by atoms with Crippen LogP contribution in [0.25, 0.3) is 17.9 Å². The first-order valence-electron chi connectivity index (χ1n) is 6.52. The van der Waals surface area contributed by atoms with Gasteiger partial charge >= 0.3 is 11.2 Å². The number of H-pyrrole nitrogens is 1. The van der Waals surface area contributed by atoms with Crippen LogP contribution in [0.3, 0.4) is 0 Å². The molecule has 0 bridgehead atoms. The maximum Gasteiger partial charge on any atom is 0.359 e. The van der Waals surface area contributed by atoms with Gasteiger partial charge < -0.3 is 4.74 Å². The average molecular weight is 313 g/mol. The third-order valence-corrected chi connectivity index (χ3v) is 3.19. The molecule has 3 aromatic rings. The third kappa shape index (κ3) is 2.67. The Labute approximate surface area is 129 Å². The zero-order valence-corrected chi connectivity index (χ0v) is 12.0. The van der Waals surface area contributed by atoms with Gasteiger partial charge in [0.1, 0.15) is 12.1 Å². The fourth-order valence-corrected chi connectivity index (χ4v) is 2.10. The fraction of sp³-hybridized carbons (Fsp3) is 0.0714. The fourth-order valence-electron chi connectivity index (χ4n) is 2.10. The number of nitro groups is 1. The van der Waals surface area contributed by atoms with E-state index in [1.165, 1.54) is 16.9 Å². The van der Waals surface area contributed by atoms with Crippen LogP contribution in [0.15, 0.2) is 35.4 Å². The summed E-state index contributed by atoms with van der Waals surface area (Å²) < 4.78 is 6.27. The Morgan fingerprint density at radius 3 is 2.70 bits per heavy atom. The van der Waals surface area contributed by atoms with Gasteiger partial charge in [-0.05, 0) is 23.8 Å². The Bertz CT molecular complexity index is 955. The van der Waals surface area contributed by atoms with Gasteiger partial charge in [-0.2, -0.15) is 14.6 Å². The first kappa shape index (κ1) is 14.4. The van der Waals surface area contributed by atoms with E-state index >= 15 is 0 Å². The van der Waals surface area contributed by atoms with Crippen molar-refractivity contribution in [1.29, 1.82) is 0 Å². The monoisotopic (exact) mass is 313 g/mol. The van der Waals surface area contributed by atoms with E-state index in [0.717, 1.165) is 5.56 Å². The molecule has 2 heterocycles. The minimum absolute atomic E-state index is 0.0436. The van der Waals surface area contributed by atoms with Gasteiger partial charge in [-0.25, -0.2) is 0 Å². The van der Waals surface area contributed by atoms with Gasteiger partial charge in [0.2, 0.25) is 5.78 Å². The SMILES string of the molecule is COc1ccc(/C=C/c2c([N+](=O)[O-])c(=O)[nH]c3ncnn23)cc1. The van der Waals surface area contributed by atoms with E-state index in [0.29, 0.717) is 5.75 Å². The molecule has 0 saturated carbocycles. The van der Waals surface area contributed by atoms with E-state index in [1.807, 2.05) is 0 Å². The van der Waals surface area contributed by atoms with E-state index in [2.05, 4.69) is 15.1 Å². The number of ether oxygens (including phenoxy) is 1. The molecule has 3 rings (SSSR count). The molecule has 0 radical (unpaired) electrons. The van der Waals surface area contributed by atoms with Crippen LogP contribution in [0.4, 0.5) is 5.69 Å². The molecule has 0 aliphatic heterocycles. The molecule has 0 aliphatic rings. The summed E-state index contributed by atoms with van der Waals surface area (Å²) in [6.07, 6.45) is 4.30.